The normalized spacial score (nSPS) is 10.3. The van der Waals surface area contributed by atoms with E-state index in [-0.39, 0.29) is 6.54 Å². The Hall–Kier alpha value is -2.15. The average molecular weight is 368 g/mol. The molecule has 0 aromatic heterocycles. The molecule has 7 heteroatoms. The highest BCUT2D eigenvalue weighted by molar-refractivity contribution is 9.10. The number of hydrazone groups is 1. The van der Waals surface area contributed by atoms with Crippen LogP contribution in [0.15, 0.2) is 40.4 Å². The number of ether oxygens (including phenoxy) is 1. The number of hydrogen-bond acceptors (Lipinski definition) is 4. The third-order valence-corrected chi connectivity index (χ3v) is 2.91. The minimum absolute atomic E-state index is 0.219. The second kappa shape index (κ2) is 9.73. The Labute approximate surface area is 137 Å². The van der Waals surface area contributed by atoms with Gasteiger partial charge in [-0.05, 0) is 24.6 Å². The van der Waals surface area contributed by atoms with Gasteiger partial charge in [0, 0.05) is 16.6 Å². The zero-order chi connectivity index (χ0) is 16.4. The van der Waals surface area contributed by atoms with E-state index < -0.39 is 11.8 Å². The number of nitrogens with one attached hydrogen (secondary N) is 2. The maximum absolute atomic E-state index is 11.5. The van der Waals surface area contributed by atoms with E-state index in [0.29, 0.717) is 17.9 Å². The Kier molecular flexibility index (Phi) is 7.91. The van der Waals surface area contributed by atoms with Gasteiger partial charge in [0.15, 0.2) is 0 Å². The van der Waals surface area contributed by atoms with Gasteiger partial charge in [0.2, 0.25) is 0 Å². The summed E-state index contributed by atoms with van der Waals surface area (Å²) < 4.78 is 6.44. The van der Waals surface area contributed by atoms with Crippen molar-refractivity contribution < 1.29 is 14.3 Å². The summed E-state index contributed by atoms with van der Waals surface area (Å²) in [7, 11) is 0. The van der Waals surface area contributed by atoms with Gasteiger partial charge in [0.05, 0.1) is 12.8 Å². The second-order valence-corrected chi connectivity index (χ2v) is 5.14. The van der Waals surface area contributed by atoms with Crippen molar-refractivity contribution >= 4 is 34.0 Å². The fourth-order valence-corrected chi connectivity index (χ4v) is 1.80. The Morgan fingerprint density at radius 2 is 2.18 bits per heavy atom. The van der Waals surface area contributed by atoms with Crippen LogP contribution >= 0.6 is 15.9 Å². The molecule has 0 aliphatic heterocycles. The first-order valence-corrected chi connectivity index (χ1v) is 7.52. The topological polar surface area (TPSA) is 79.8 Å². The van der Waals surface area contributed by atoms with Crippen LogP contribution in [0.25, 0.3) is 0 Å². The van der Waals surface area contributed by atoms with Crippen molar-refractivity contribution in [1.82, 2.24) is 10.7 Å². The summed E-state index contributed by atoms with van der Waals surface area (Å²) in [5.74, 6) is -0.961. The minimum Gasteiger partial charge on any atom is -0.493 e. The zero-order valence-corrected chi connectivity index (χ0v) is 13.9. The van der Waals surface area contributed by atoms with Gasteiger partial charge in [-0.25, -0.2) is 5.43 Å². The molecule has 118 valence electrons. The van der Waals surface area contributed by atoms with Gasteiger partial charge in [-0.2, -0.15) is 5.10 Å². The molecule has 6 nitrogen and oxygen atoms in total. The number of rotatable bonds is 7. The van der Waals surface area contributed by atoms with E-state index >= 15 is 0 Å². The first-order valence-electron chi connectivity index (χ1n) is 6.73. The van der Waals surface area contributed by atoms with Crippen molar-refractivity contribution in [3.05, 3.63) is 40.9 Å². The lowest BCUT2D eigenvalue weighted by molar-refractivity contribution is -0.139. The first kappa shape index (κ1) is 17.9. The quantitative estimate of drug-likeness (QED) is 0.334. The molecule has 1 aromatic carbocycles. The Morgan fingerprint density at radius 1 is 1.41 bits per heavy atom. The summed E-state index contributed by atoms with van der Waals surface area (Å²) in [5.41, 5.74) is 2.85. The van der Waals surface area contributed by atoms with Gasteiger partial charge >= 0.3 is 11.8 Å². The summed E-state index contributed by atoms with van der Waals surface area (Å²) in [5, 5.41) is 6.12. The smallest absolute Gasteiger partial charge is 0.329 e. The lowest BCUT2D eigenvalue weighted by Crippen LogP contribution is -2.37. The lowest BCUT2D eigenvalue weighted by atomic mass is 10.2. The second-order valence-electron chi connectivity index (χ2n) is 4.23. The highest BCUT2D eigenvalue weighted by Crippen LogP contribution is 2.21. The van der Waals surface area contributed by atoms with E-state index in [9.17, 15) is 9.59 Å². The van der Waals surface area contributed by atoms with Crippen LogP contribution in [0.5, 0.6) is 5.75 Å². The third kappa shape index (κ3) is 6.09. The van der Waals surface area contributed by atoms with Crippen molar-refractivity contribution in [3.63, 3.8) is 0 Å². The number of hydrogen-bond donors (Lipinski definition) is 2. The van der Waals surface area contributed by atoms with E-state index in [1.165, 1.54) is 12.3 Å². The number of benzene rings is 1. The van der Waals surface area contributed by atoms with E-state index in [2.05, 4.69) is 38.4 Å². The molecule has 0 saturated heterocycles. The minimum atomic E-state index is -0.843. The number of halogens is 1. The van der Waals surface area contributed by atoms with Gasteiger partial charge < -0.3 is 10.1 Å². The van der Waals surface area contributed by atoms with Crippen LogP contribution in [0.4, 0.5) is 0 Å². The molecule has 0 aliphatic rings. The molecule has 1 rings (SSSR count). The van der Waals surface area contributed by atoms with Gasteiger partial charge in [-0.1, -0.05) is 28.9 Å². The maximum Gasteiger partial charge on any atom is 0.329 e. The standard InChI is InChI=1S/C15H18BrN3O3/c1-3-7-17-14(20)15(21)19-18-10-11-9-12(16)5-6-13(11)22-8-4-2/h3,5-6,9-10H,1,4,7-8H2,2H3,(H,17,20)(H,19,21)/b18-10-. The van der Waals surface area contributed by atoms with Crippen LogP contribution in [0.2, 0.25) is 0 Å². The number of carbonyl (C=O) groups is 2. The van der Waals surface area contributed by atoms with Crippen LogP contribution in [0.3, 0.4) is 0 Å². The molecule has 0 atom stereocenters. The monoisotopic (exact) mass is 367 g/mol. The number of nitrogens with zero attached hydrogens (tertiary/aromatic N) is 1. The largest absolute Gasteiger partial charge is 0.493 e. The molecule has 0 unspecified atom stereocenters. The summed E-state index contributed by atoms with van der Waals surface area (Å²) in [6.45, 7) is 6.25. The van der Waals surface area contributed by atoms with Crippen molar-refractivity contribution in [2.24, 2.45) is 5.10 Å². The highest BCUT2D eigenvalue weighted by atomic mass is 79.9. The number of amides is 2. The maximum atomic E-state index is 11.5. The first-order chi connectivity index (χ1) is 10.6. The van der Waals surface area contributed by atoms with Crippen molar-refractivity contribution in [2.75, 3.05) is 13.2 Å². The lowest BCUT2D eigenvalue weighted by Gasteiger charge is -2.08. The molecule has 22 heavy (non-hydrogen) atoms. The molecule has 2 N–H and O–H groups in total. The van der Waals surface area contributed by atoms with Crippen LogP contribution in [0, 0.1) is 0 Å². The molecule has 0 saturated carbocycles. The summed E-state index contributed by atoms with van der Waals surface area (Å²) in [6.07, 6.45) is 3.79. The predicted molar refractivity (Wildman–Crippen MR) is 88.9 cm³/mol. The Morgan fingerprint density at radius 3 is 2.86 bits per heavy atom. The van der Waals surface area contributed by atoms with E-state index in [4.69, 9.17) is 4.74 Å². The van der Waals surface area contributed by atoms with Gasteiger partial charge in [-0.3, -0.25) is 9.59 Å². The highest BCUT2D eigenvalue weighted by Gasteiger charge is 2.10. The average Bonchev–Trinajstić information content (AvgIpc) is 2.51. The summed E-state index contributed by atoms with van der Waals surface area (Å²) >= 11 is 3.36. The van der Waals surface area contributed by atoms with Crippen LogP contribution in [-0.4, -0.2) is 31.2 Å². The third-order valence-electron chi connectivity index (χ3n) is 2.42. The van der Waals surface area contributed by atoms with Gasteiger partial charge in [0.25, 0.3) is 0 Å². The molecule has 0 aliphatic carbocycles. The van der Waals surface area contributed by atoms with E-state index in [1.807, 2.05) is 13.0 Å². The molecular weight excluding hydrogens is 350 g/mol. The molecule has 2 amide bonds. The van der Waals surface area contributed by atoms with Crippen LogP contribution in [-0.2, 0) is 9.59 Å². The van der Waals surface area contributed by atoms with Crippen molar-refractivity contribution in [3.8, 4) is 5.75 Å². The summed E-state index contributed by atoms with van der Waals surface area (Å²) in [4.78, 5) is 22.8. The van der Waals surface area contributed by atoms with Crippen molar-refractivity contribution in [2.45, 2.75) is 13.3 Å². The van der Waals surface area contributed by atoms with Crippen molar-refractivity contribution in [1.29, 1.82) is 0 Å². The molecular formula is C15H18BrN3O3. The van der Waals surface area contributed by atoms with Crippen LogP contribution in [0.1, 0.15) is 18.9 Å². The molecule has 0 bridgehead atoms. The van der Waals surface area contributed by atoms with Gasteiger partial charge in [-0.15, -0.1) is 6.58 Å². The predicted octanol–water partition coefficient (Wildman–Crippen LogP) is 1.99. The van der Waals surface area contributed by atoms with Crippen LogP contribution < -0.4 is 15.5 Å². The fraction of sp³-hybridized carbons (Fsp3) is 0.267. The number of carbonyl (C=O) groups excluding carboxylic acids is 2. The molecule has 0 heterocycles. The fourth-order valence-electron chi connectivity index (χ4n) is 1.42. The molecule has 0 radical (unpaired) electrons. The summed E-state index contributed by atoms with van der Waals surface area (Å²) in [6, 6.07) is 5.46. The Balaban J connectivity index is 2.68. The van der Waals surface area contributed by atoms with E-state index in [0.717, 1.165) is 10.9 Å². The molecule has 0 spiro atoms. The molecule has 1 aromatic rings. The SMILES string of the molecule is C=CCNC(=O)C(=O)N/N=C\c1cc(Br)ccc1OCCC. The molecule has 0 fully saturated rings. The van der Waals surface area contributed by atoms with Gasteiger partial charge in [0.1, 0.15) is 5.75 Å². The van der Waals surface area contributed by atoms with E-state index in [1.54, 1.807) is 12.1 Å². The Bertz CT molecular complexity index is 573. The zero-order valence-electron chi connectivity index (χ0n) is 12.3.